The smallest absolute Gasteiger partial charge is 0.365 e. The summed E-state index contributed by atoms with van der Waals surface area (Å²) in [4.78, 5) is 29.9. The molecule has 7 heteroatoms. The van der Waals surface area contributed by atoms with E-state index >= 15 is 0 Å². The highest BCUT2D eigenvalue weighted by Gasteiger charge is 2.18. The van der Waals surface area contributed by atoms with Gasteiger partial charge in [-0.1, -0.05) is 5.16 Å². The highest BCUT2D eigenvalue weighted by atomic mass is 79.9. The van der Waals surface area contributed by atoms with Gasteiger partial charge >= 0.3 is 5.97 Å². The number of carbonyl (C=O) groups excluding carboxylic acids is 2. The topological polar surface area (TPSA) is 68.2 Å². The molecule has 1 aromatic rings. The molecule has 1 aliphatic heterocycles. The van der Waals surface area contributed by atoms with Crippen LogP contribution in [0.4, 0.5) is 0 Å². The average molecular weight is 369 g/mol. The molecule has 1 aliphatic rings. The number of benzene rings is 1. The van der Waals surface area contributed by atoms with Crippen LogP contribution >= 0.6 is 15.9 Å². The quantitative estimate of drug-likeness (QED) is 0.607. The van der Waals surface area contributed by atoms with Crippen molar-refractivity contribution in [1.82, 2.24) is 4.90 Å². The van der Waals surface area contributed by atoms with Crippen molar-refractivity contribution in [2.24, 2.45) is 5.16 Å². The number of rotatable bonds is 3. The molecule has 0 radical (unpaired) electrons. The van der Waals surface area contributed by atoms with Crippen LogP contribution in [0.2, 0.25) is 0 Å². The molecule has 0 saturated carbocycles. The number of carbonyl (C=O) groups is 2. The molecule has 0 bridgehead atoms. The summed E-state index contributed by atoms with van der Waals surface area (Å²) >= 11 is 3.32. The van der Waals surface area contributed by atoms with Crippen molar-refractivity contribution in [2.75, 3.05) is 20.2 Å². The lowest BCUT2D eigenvalue weighted by atomic mass is 10.1. The molecule has 1 saturated heterocycles. The summed E-state index contributed by atoms with van der Waals surface area (Å²) in [5, 5.41) is 3.91. The van der Waals surface area contributed by atoms with Gasteiger partial charge in [0, 0.05) is 32.9 Å². The molecule has 6 nitrogen and oxygen atoms in total. The highest BCUT2D eigenvalue weighted by Crippen LogP contribution is 2.25. The number of piperidine rings is 1. The fraction of sp³-hybridized carbons (Fsp3) is 0.400. The number of methoxy groups -OCH3 is 1. The Morgan fingerprint density at radius 3 is 2.50 bits per heavy atom. The fourth-order valence-corrected chi connectivity index (χ4v) is 2.66. The molecule has 0 unspecified atom stereocenters. The van der Waals surface area contributed by atoms with Crippen molar-refractivity contribution in [2.45, 2.75) is 19.8 Å². The highest BCUT2D eigenvalue weighted by molar-refractivity contribution is 9.10. The normalized spacial score (nSPS) is 14.5. The summed E-state index contributed by atoms with van der Waals surface area (Å²) in [7, 11) is 1.55. The van der Waals surface area contributed by atoms with Crippen LogP contribution in [-0.4, -0.2) is 42.7 Å². The van der Waals surface area contributed by atoms with Gasteiger partial charge in [0.1, 0.15) is 5.75 Å². The predicted octanol–water partition coefficient (Wildman–Crippen LogP) is 2.61. The summed E-state index contributed by atoms with van der Waals surface area (Å²) in [5.74, 6) is 0.170. The lowest BCUT2D eigenvalue weighted by molar-refractivity contribution is -0.128. The van der Waals surface area contributed by atoms with Crippen LogP contribution in [0.3, 0.4) is 0 Å². The van der Waals surface area contributed by atoms with Crippen LogP contribution in [0.5, 0.6) is 5.75 Å². The Kier molecular flexibility index (Phi) is 5.54. The minimum absolute atomic E-state index is 0.0547. The third-order valence-corrected chi connectivity index (χ3v) is 4.05. The molecule has 1 fully saturated rings. The summed E-state index contributed by atoms with van der Waals surface area (Å²) in [5.41, 5.74) is 1.18. The second kappa shape index (κ2) is 7.40. The van der Waals surface area contributed by atoms with Gasteiger partial charge in [-0.2, -0.15) is 0 Å². The van der Waals surface area contributed by atoms with E-state index in [4.69, 9.17) is 9.57 Å². The monoisotopic (exact) mass is 368 g/mol. The van der Waals surface area contributed by atoms with E-state index in [0.717, 1.165) is 5.71 Å². The number of likely N-dealkylation sites (tertiary alicyclic amines) is 1. The molecule has 22 heavy (non-hydrogen) atoms. The lowest BCUT2D eigenvalue weighted by Gasteiger charge is -2.25. The first-order valence-corrected chi connectivity index (χ1v) is 7.66. The van der Waals surface area contributed by atoms with Gasteiger partial charge in [0.2, 0.25) is 5.91 Å². The maximum Gasteiger partial charge on any atom is 0.365 e. The zero-order valence-corrected chi connectivity index (χ0v) is 14.1. The molecular weight excluding hydrogens is 352 g/mol. The Labute approximate surface area is 137 Å². The van der Waals surface area contributed by atoms with Crippen molar-refractivity contribution in [3.8, 4) is 5.75 Å². The number of halogens is 1. The van der Waals surface area contributed by atoms with E-state index in [1.807, 2.05) is 0 Å². The number of nitrogens with zero attached hydrogens (tertiary/aromatic N) is 2. The maximum absolute atomic E-state index is 12.0. The molecule has 0 aromatic heterocycles. The third-order valence-electron chi connectivity index (χ3n) is 3.43. The summed E-state index contributed by atoms with van der Waals surface area (Å²) in [6, 6.07) is 4.92. The van der Waals surface area contributed by atoms with E-state index in [1.165, 1.54) is 0 Å². The van der Waals surface area contributed by atoms with Crippen molar-refractivity contribution in [3.63, 3.8) is 0 Å². The minimum atomic E-state index is -0.523. The lowest BCUT2D eigenvalue weighted by Crippen LogP contribution is -2.37. The van der Waals surface area contributed by atoms with Gasteiger partial charge in [0.05, 0.1) is 22.9 Å². The largest absolute Gasteiger partial charge is 0.496 e. The van der Waals surface area contributed by atoms with E-state index in [2.05, 4.69) is 21.1 Å². The van der Waals surface area contributed by atoms with E-state index in [-0.39, 0.29) is 5.91 Å². The van der Waals surface area contributed by atoms with Gasteiger partial charge in [0.15, 0.2) is 0 Å². The number of ether oxygens (including phenoxy) is 1. The van der Waals surface area contributed by atoms with Crippen LogP contribution < -0.4 is 4.74 Å². The number of hydrogen-bond donors (Lipinski definition) is 0. The number of amides is 1. The Morgan fingerprint density at radius 1 is 1.27 bits per heavy atom. The molecule has 1 amide bonds. The van der Waals surface area contributed by atoms with Crippen molar-refractivity contribution in [1.29, 1.82) is 0 Å². The van der Waals surface area contributed by atoms with Gasteiger partial charge in [-0.15, -0.1) is 0 Å². The molecule has 118 valence electrons. The van der Waals surface area contributed by atoms with E-state index in [0.29, 0.717) is 41.7 Å². The maximum atomic E-state index is 12.0. The first-order chi connectivity index (χ1) is 10.5. The van der Waals surface area contributed by atoms with Gasteiger partial charge < -0.3 is 14.5 Å². The standard InChI is InChI=1S/C15H17BrN2O4/c1-10(19)18-7-5-12(6-8-18)17-22-15(20)11-3-4-14(21-2)13(16)9-11/h3-4,9H,5-8H2,1-2H3. The first-order valence-electron chi connectivity index (χ1n) is 6.87. The molecule has 0 aliphatic carbocycles. The van der Waals surface area contributed by atoms with Gasteiger partial charge in [-0.25, -0.2) is 4.79 Å². The summed E-state index contributed by atoms with van der Waals surface area (Å²) in [6.45, 7) is 2.77. The molecular formula is C15H17BrN2O4. The van der Waals surface area contributed by atoms with Crippen LogP contribution in [-0.2, 0) is 9.63 Å². The number of oxime groups is 1. The SMILES string of the molecule is COc1ccc(C(=O)ON=C2CCN(C(C)=O)CC2)cc1Br. The zero-order valence-electron chi connectivity index (χ0n) is 12.5. The van der Waals surface area contributed by atoms with E-state index in [1.54, 1.807) is 37.1 Å². The second-order valence-corrected chi connectivity index (χ2v) is 5.75. The molecule has 1 aromatic carbocycles. The molecule has 1 heterocycles. The number of hydrogen-bond acceptors (Lipinski definition) is 5. The Morgan fingerprint density at radius 2 is 1.95 bits per heavy atom. The van der Waals surface area contributed by atoms with Crippen molar-refractivity contribution >= 4 is 33.5 Å². The van der Waals surface area contributed by atoms with Crippen LogP contribution in [0.1, 0.15) is 30.1 Å². The van der Waals surface area contributed by atoms with E-state index in [9.17, 15) is 9.59 Å². The minimum Gasteiger partial charge on any atom is -0.496 e. The van der Waals surface area contributed by atoms with Gasteiger partial charge in [-0.3, -0.25) is 4.79 Å². The Balaban J connectivity index is 1.94. The van der Waals surface area contributed by atoms with E-state index < -0.39 is 5.97 Å². The van der Waals surface area contributed by atoms with Gasteiger partial charge in [0.25, 0.3) is 0 Å². The third kappa shape index (κ3) is 4.07. The molecule has 0 atom stereocenters. The molecule has 2 rings (SSSR count). The summed E-state index contributed by atoms with van der Waals surface area (Å²) in [6.07, 6.45) is 1.25. The zero-order chi connectivity index (χ0) is 16.1. The van der Waals surface area contributed by atoms with Gasteiger partial charge in [-0.05, 0) is 34.1 Å². The average Bonchev–Trinajstić information content (AvgIpc) is 2.52. The molecule has 0 N–H and O–H groups in total. The van der Waals surface area contributed by atoms with Crippen molar-refractivity contribution < 1.29 is 19.2 Å². The van der Waals surface area contributed by atoms with Crippen molar-refractivity contribution in [3.05, 3.63) is 28.2 Å². The second-order valence-electron chi connectivity index (χ2n) is 4.89. The summed E-state index contributed by atoms with van der Waals surface area (Å²) < 4.78 is 5.78. The van der Waals surface area contributed by atoms with Crippen LogP contribution in [0.25, 0.3) is 0 Å². The fourth-order valence-electron chi connectivity index (χ4n) is 2.12. The molecule has 0 spiro atoms. The predicted molar refractivity (Wildman–Crippen MR) is 85.0 cm³/mol. The Hall–Kier alpha value is -1.89. The van der Waals surface area contributed by atoms with Crippen LogP contribution in [0.15, 0.2) is 27.8 Å². The van der Waals surface area contributed by atoms with Crippen LogP contribution in [0, 0.1) is 0 Å². The first kappa shape index (κ1) is 16.5. The Bertz CT molecular complexity index is 606.